The highest BCUT2D eigenvalue weighted by atomic mass is 16.5. The molecule has 0 aromatic heterocycles. The van der Waals surface area contributed by atoms with Crippen molar-refractivity contribution < 1.29 is 14.6 Å². The summed E-state index contributed by atoms with van der Waals surface area (Å²) in [6.45, 7) is 2.36. The highest BCUT2D eigenvalue weighted by Gasteiger charge is 2.20. The molecule has 0 amide bonds. The second-order valence-corrected chi connectivity index (χ2v) is 3.38. The van der Waals surface area contributed by atoms with E-state index in [2.05, 4.69) is 0 Å². The minimum atomic E-state index is -0.896. The van der Waals surface area contributed by atoms with Gasteiger partial charge in [-0.15, -0.1) is 0 Å². The van der Waals surface area contributed by atoms with E-state index in [1.807, 2.05) is 19.1 Å². The van der Waals surface area contributed by atoms with E-state index < -0.39 is 5.97 Å². The van der Waals surface area contributed by atoms with Gasteiger partial charge in [0.05, 0.1) is 5.57 Å². The Kier molecular flexibility index (Phi) is 2.46. The van der Waals surface area contributed by atoms with Crippen LogP contribution in [0.15, 0.2) is 24.3 Å². The van der Waals surface area contributed by atoms with Gasteiger partial charge in [0, 0.05) is 5.56 Å². The van der Waals surface area contributed by atoms with Crippen molar-refractivity contribution in [3.8, 4) is 5.75 Å². The molecule has 1 aromatic rings. The monoisotopic (exact) mass is 204 g/mol. The van der Waals surface area contributed by atoms with Crippen LogP contribution in [0.1, 0.15) is 18.1 Å². The predicted molar refractivity (Wildman–Crippen MR) is 56.9 cm³/mol. The molecule has 3 heteroatoms. The van der Waals surface area contributed by atoms with E-state index in [9.17, 15) is 4.79 Å². The Hall–Kier alpha value is -1.77. The molecule has 78 valence electrons. The first-order chi connectivity index (χ1) is 7.24. The van der Waals surface area contributed by atoms with Gasteiger partial charge in [0.25, 0.3) is 0 Å². The number of benzene rings is 1. The Balaban J connectivity index is 2.56. The Morgan fingerprint density at radius 2 is 2.33 bits per heavy atom. The van der Waals surface area contributed by atoms with Crippen molar-refractivity contribution in [2.45, 2.75) is 13.3 Å². The molecular weight excluding hydrogens is 192 g/mol. The molecule has 2 rings (SSSR count). The molecule has 0 saturated carbocycles. The third kappa shape index (κ3) is 1.61. The van der Waals surface area contributed by atoms with Gasteiger partial charge in [-0.25, -0.2) is 4.79 Å². The summed E-state index contributed by atoms with van der Waals surface area (Å²) in [5.74, 6) is -0.173. The van der Waals surface area contributed by atoms with Crippen LogP contribution >= 0.6 is 0 Å². The fourth-order valence-corrected chi connectivity index (χ4v) is 1.77. The maximum absolute atomic E-state index is 11.0. The molecule has 3 nitrogen and oxygen atoms in total. The molecule has 0 fully saturated rings. The number of aliphatic carboxylic acids is 1. The molecule has 0 bridgehead atoms. The van der Waals surface area contributed by atoms with Crippen LogP contribution in [-0.4, -0.2) is 17.7 Å². The van der Waals surface area contributed by atoms with Gasteiger partial charge >= 0.3 is 5.97 Å². The summed E-state index contributed by atoms with van der Waals surface area (Å²) >= 11 is 0. The van der Waals surface area contributed by atoms with Crippen LogP contribution in [0.4, 0.5) is 0 Å². The van der Waals surface area contributed by atoms with E-state index in [-0.39, 0.29) is 0 Å². The van der Waals surface area contributed by atoms with Crippen LogP contribution < -0.4 is 4.74 Å². The lowest BCUT2D eigenvalue weighted by Gasteiger charge is -2.18. The second kappa shape index (κ2) is 3.77. The zero-order valence-corrected chi connectivity index (χ0v) is 8.49. The molecule has 0 aliphatic carbocycles. The highest BCUT2D eigenvalue weighted by molar-refractivity contribution is 6.16. The highest BCUT2D eigenvalue weighted by Crippen LogP contribution is 2.33. The first-order valence-corrected chi connectivity index (χ1v) is 4.92. The molecule has 1 heterocycles. The number of aryl methyl sites for hydroxylation is 1. The van der Waals surface area contributed by atoms with Crippen molar-refractivity contribution in [2.75, 3.05) is 6.61 Å². The third-order valence-electron chi connectivity index (χ3n) is 2.51. The summed E-state index contributed by atoms with van der Waals surface area (Å²) in [4.78, 5) is 11.0. The standard InChI is InChI=1S/C12H12O3/c1-2-8-4-3-5-9-10(12(13)14)6-7-15-11(8)9/h3-6H,2,7H2,1H3,(H,13,14). The number of ether oxygens (including phenoxy) is 1. The fourth-order valence-electron chi connectivity index (χ4n) is 1.77. The number of fused-ring (bicyclic) bond motifs is 1. The van der Waals surface area contributed by atoms with Crippen molar-refractivity contribution in [2.24, 2.45) is 0 Å². The molecular formula is C12H12O3. The van der Waals surface area contributed by atoms with Crippen LogP contribution in [-0.2, 0) is 11.2 Å². The van der Waals surface area contributed by atoms with E-state index in [1.54, 1.807) is 12.1 Å². The molecule has 0 spiro atoms. The van der Waals surface area contributed by atoms with Gasteiger partial charge in [-0.1, -0.05) is 25.1 Å². The number of para-hydroxylation sites is 1. The lowest BCUT2D eigenvalue weighted by Crippen LogP contribution is -2.11. The summed E-state index contributed by atoms with van der Waals surface area (Å²) < 4.78 is 5.49. The van der Waals surface area contributed by atoms with Crippen LogP contribution in [0.5, 0.6) is 5.75 Å². The number of rotatable bonds is 2. The van der Waals surface area contributed by atoms with Crippen molar-refractivity contribution in [1.82, 2.24) is 0 Å². The molecule has 1 N–H and O–H groups in total. The lowest BCUT2D eigenvalue weighted by molar-refractivity contribution is -0.130. The summed E-state index contributed by atoms with van der Waals surface area (Å²) in [5.41, 5.74) is 2.08. The van der Waals surface area contributed by atoms with E-state index >= 15 is 0 Å². The van der Waals surface area contributed by atoms with Gasteiger partial charge in [-0.2, -0.15) is 0 Å². The first-order valence-electron chi connectivity index (χ1n) is 4.92. The summed E-state index contributed by atoms with van der Waals surface area (Å²) in [6, 6.07) is 5.61. The SMILES string of the molecule is CCc1cccc2c1OCC=C2C(=O)O. The minimum absolute atomic E-state index is 0.339. The fraction of sp³-hybridized carbons (Fsp3) is 0.250. The van der Waals surface area contributed by atoms with Crippen LogP contribution in [0, 0.1) is 0 Å². The normalized spacial score (nSPS) is 13.8. The van der Waals surface area contributed by atoms with Crippen molar-refractivity contribution >= 4 is 11.5 Å². The summed E-state index contributed by atoms with van der Waals surface area (Å²) in [6.07, 6.45) is 2.44. The Morgan fingerprint density at radius 1 is 1.53 bits per heavy atom. The van der Waals surface area contributed by atoms with Gasteiger partial charge in [0.1, 0.15) is 12.4 Å². The van der Waals surface area contributed by atoms with E-state index in [1.165, 1.54) is 0 Å². The van der Waals surface area contributed by atoms with Gasteiger partial charge in [-0.3, -0.25) is 0 Å². The molecule has 1 aromatic carbocycles. The topological polar surface area (TPSA) is 46.5 Å². The lowest BCUT2D eigenvalue weighted by atomic mass is 9.98. The van der Waals surface area contributed by atoms with Crippen molar-refractivity contribution in [3.63, 3.8) is 0 Å². The zero-order chi connectivity index (χ0) is 10.8. The molecule has 0 saturated heterocycles. The molecule has 0 radical (unpaired) electrons. The Labute approximate surface area is 88.0 Å². The predicted octanol–water partition coefficient (Wildman–Crippen LogP) is 2.11. The van der Waals surface area contributed by atoms with Gasteiger partial charge < -0.3 is 9.84 Å². The largest absolute Gasteiger partial charge is 0.489 e. The molecule has 0 unspecified atom stereocenters. The number of carbonyl (C=O) groups is 1. The van der Waals surface area contributed by atoms with Crippen molar-refractivity contribution in [3.05, 3.63) is 35.4 Å². The molecule has 1 aliphatic rings. The van der Waals surface area contributed by atoms with Crippen LogP contribution in [0.25, 0.3) is 5.57 Å². The smallest absolute Gasteiger partial charge is 0.336 e. The van der Waals surface area contributed by atoms with E-state index in [0.717, 1.165) is 17.7 Å². The molecule has 15 heavy (non-hydrogen) atoms. The average Bonchev–Trinajstić information content (AvgIpc) is 2.27. The van der Waals surface area contributed by atoms with Gasteiger partial charge in [-0.05, 0) is 18.1 Å². The first kappa shape index (κ1) is 9.77. The van der Waals surface area contributed by atoms with Crippen LogP contribution in [0.3, 0.4) is 0 Å². The molecule has 1 aliphatic heterocycles. The Morgan fingerprint density at radius 3 is 3.00 bits per heavy atom. The van der Waals surface area contributed by atoms with Gasteiger partial charge in [0.15, 0.2) is 0 Å². The zero-order valence-electron chi connectivity index (χ0n) is 8.49. The maximum Gasteiger partial charge on any atom is 0.336 e. The van der Waals surface area contributed by atoms with Gasteiger partial charge in [0.2, 0.25) is 0 Å². The van der Waals surface area contributed by atoms with Crippen molar-refractivity contribution in [1.29, 1.82) is 0 Å². The third-order valence-corrected chi connectivity index (χ3v) is 2.51. The number of hydrogen-bond acceptors (Lipinski definition) is 2. The van der Waals surface area contributed by atoms with Crippen LogP contribution in [0.2, 0.25) is 0 Å². The molecule has 0 atom stereocenters. The van der Waals surface area contributed by atoms with E-state index in [0.29, 0.717) is 17.7 Å². The number of carboxylic acids is 1. The second-order valence-electron chi connectivity index (χ2n) is 3.38. The number of carboxylic acid groups (broad SMARTS) is 1. The quantitative estimate of drug-likeness (QED) is 0.802. The van der Waals surface area contributed by atoms with E-state index in [4.69, 9.17) is 9.84 Å². The summed E-state index contributed by atoms with van der Waals surface area (Å²) in [7, 11) is 0. The average molecular weight is 204 g/mol. The maximum atomic E-state index is 11.0. The minimum Gasteiger partial charge on any atom is -0.489 e. The number of hydrogen-bond donors (Lipinski definition) is 1. The summed E-state index contributed by atoms with van der Waals surface area (Å²) in [5, 5.41) is 9.02. The Bertz CT molecular complexity index is 432.